The number of carbonyl (C=O) groups excluding carboxylic acids is 2. The largest absolute Gasteiger partial charge is 0.492 e. The molecule has 7 nitrogen and oxygen atoms in total. The van der Waals surface area contributed by atoms with Crippen molar-refractivity contribution in [2.24, 2.45) is 0 Å². The molecule has 2 amide bonds. The molecule has 1 aliphatic heterocycles. The Labute approximate surface area is 202 Å². The molecule has 4 rings (SSSR count). The van der Waals surface area contributed by atoms with E-state index < -0.39 is 21.3 Å². The van der Waals surface area contributed by atoms with Crippen LogP contribution in [0, 0.1) is 6.92 Å². The van der Waals surface area contributed by atoms with Crippen LogP contribution in [0.15, 0.2) is 88.7 Å². The Kier molecular flexibility index (Phi) is 7.04. The van der Waals surface area contributed by atoms with Gasteiger partial charge in [0.1, 0.15) is 23.0 Å². The Hall–Kier alpha value is -3.56. The summed E-state index contributed by atoms with van der Waals surface area (Å²) in [6.07, 6.45) is 1.46. The first kappa shape index (κ1) is 23.6. The average Bonchev–Trinajstić information content (AvgIpc) is 3.08. The van der Waals surface area contributed by atoms with Gasteiger partial charge in [0.2, 0.25) is 0 Å². The monoisotopic (exact) mass is 495 g/mol. The zero-order valence-electron chi connectivity index (χ0n) is 18.2. The minimum Gasteiger partial charge on any atom is -0.492 e. The maximum atomic E-state index is 12.8. The van der Waals surface area contributed by atoms with Crippen LogP contribution in [0.2, 0.25) is 0 Å². The van der Waals surface area contributed by atoms with Gasteiger partial charge >= 0.3 is 10.1 Å². The van der Waals surface area contributed by atoms with E-state index >= 15 is 0 Å². The molecule has 0 radical (unpaired) electrons. The lowest BCUT2D eigenvalue weighted by atomic mass is 10.2. The second kappa shape index (κ2) is 10.1. The number of ether oxygens (including phenoxy) is 1. The highest BCUT2D eigenvalue weighted by molar-refractivity contribution is 8.18. The van der Waals surface area contributed by atoms with Crippen molar-refractivity contribution >= 4 is 39.1 Å². The fraction of sp³-hybridized carbons (Fsp3) is 0.120. The van der Waals surface area contributed by atoms with Crippen molar-refractivity contribution in [2.75, 3.05) is 13.2 Å². The van der Waals surface area contributed by atoms with Gasteiger partial charge in [-0.15, -0.1) is 0 Å². The van der Waals surface area contributed by atoms with E-state index in [2.05, 4.69) is 0 Å². The van der Waals surface area contributed by atoms with Crippen LogP contribution in [0.5, 0.6) is 11.5 Å². The van der Waals surface area contributed by atoms with Crippen molar-refractivity contribution in [3.05, 3.63) is 94.9 Å². The van der Waals surface area contributed by atoms with Crippen molar-refractivity contribution in [3.8, 4) is 11.5 Å². The Morgan fingerprint density at radius 3 is 2.44 bits per heavy atom. The molecule has 0 atom stereocenters. The molecule has 0 unspecified atom stereocenters. The molecule has 174 valence electrons. The van der Waals surface area contributed by atoms with Crippen LogP contribution in [0.3, 0.4) is 0 Å². The molecular weight excluding hydrogens is 474 g/mol. The standard InChI is InChI=1S/C25H21NO6S2/c1-18-8-7-10-20(16-18)31-15-14-26-24(27)23(33-25(26)28)17-19-9-5-6-13-22(19)32-34(29,30)21-11-3-2-4-12-21/h2-13,16-17H,14-15H2,1H3/b23-17-. The van der Waals surface area contributed by atoms with Gasteiger partial charge in [-0.05, 0) is 60.7 Å². The summed E-state index contributed by atoms with van der Waals surface area (Å²) in [6.45, 7) is 2.20. The highest BCUT2D eigenvalue weighted by Gasteiger charge is 2.35. The van der Waals surface area contributed by atoms with Gasteiger partial charge in [-0.3, -0.25) is 14.5 Å². The Bertz CT molecular complexity index is 1350. The van der Waals surface area contributed by atoms with E-state index in [1.807, 2.05) is 25.1 Å². The number of para-hydroxylation sites is 1. The number of rotatable bonds is 8. The molecule has 0 aromatic heterocycles. The first-order valence-electron chi connectivity index (χ1n) is 10.4. The molecule has 0 saturated carbocycles. The summed E-state index contributed by atoms with van der Waals surface area (Å²) < 4.78 is 36.2. The summed E-state index contributed by atoms with van der Waals surface area (Å²) in [5, 5.41) is -0.417. The highest BCUT2D eigenvalue weighted by atomic mass is 32.2. The van der Waals surface area contributed by atoms with Crippen molar-refractivity contribution in [3.63, 3.8) is 0 Å². The van der Waals surface area contributed by atoms with Gasteiger partial charge in [0.25, 0.3) is 11.1 Å². The normalized spacial score (nSPS) is 15.1. The predicted molar refractivity (Wildman–Crippen MR) is 130 cm³/mol. The summed E-state index contributed by atoms with van der Waals surface area (Å²) in [6, 6.07) is 21.7. The van der Waals surface area contributed by atoms with Crippen LogP contribution in [-0.4, -0.2) is 37.6 Å². The topological polar surface area (TPSA) is 90.0 Å². The number of aryl methyl sites for hydroxylation is 1. The third-order valence-electron chi connectivity index (χ3n) is 4.88. The van der Waals surface area contributed by atoms with Crippen LogP contribution < -0.4 is 8.92 Å². The summed E-state index contributed by atoms with van der Waals surface area (Å²) in [5.41, 5.74) is 1.41. The molecule has 9 heteroatoms. The highest BCUT2D eigenvalue weighted by Crippen LogP contribution is 2.34. The van der Waals surface area contributed by atoms with Crippen molar-refractivity contribution < 1.29 is 26.9 Å². The average molecular weight is 496 g/mol. The summed E-state index contributed by atoms with van der Waals surface area (Å²) in [7, 11) is -4.06. The molecule has 1 heterocycles. The number of thioether (sulfide) groups is 1. The minimum absolute atomic E-state index is 0.0127. The lowest BCUT2D eigenvalue weighted by Crippen LogP contribution is -2.32. The number of carbonyl (C=O) groups is 2. The van der Waals surface area contributed by atoms with Gasteiger partial charge in [0.05, 0.1) is 11.4 Å². The molecular formula is C25H21NO6S2. The van der Waals surface area contributed by atoms with Crippen molar-refractivity contribution in [1.82, 2.24) is 4.90 Å². The molecule has 0 N–H and O–H groups in total. The van der Waals surface area contributed by atoms with E-state index in [4.69, 9.17) is 8.92 Å². The van der Waals surface area contributed by atoms with Crippen molar-refractivity contribution in [2.45, 2.75) is 11.8 Å². The smallest absolute Gasteiger partial charge is 0.339 e. The summed E-state index contributed by atoms with van der Waals surface area (Å²) in [4.78, 5) is 26.6. The van der Waals surface area contributed by atoms with Gasteiger partial charge in [-0.2, -0.15) is 8.42 Å². The number of amides is 2. The molecule has 0 aliphatic carbocycles. The number of hydrogen-bond donors (Lipinski definition) is 0. The zero-order chi connectivity index (χ0) is 24.1. The molecule has 1 aliphatic rings. The molecule has 34 heavy (non-hydrogen) atoms. The maximum absolute atomic E-state index is 12.8. The Morgan fingerprint density at radius 2 is 1.68 bits per heavy atom. The third-order valence-corrected chi connectivity index (χ3v) is 7.04. The van der Waals surface area contributed by atoms with E-state index in [0.717, 1.165) is 22.2 Å². The van der Waals surface area contributed by atoms with Crippen LogP contribution >= 0.6 is 11.8 Å². The molecule has 3 aromatic rings. The van der Waals surface area contributed by atoms with E-state index in [9.17, 15) is 18.0 Å². The summed E-state index contributed by atoms with van der Waals surface area (Å²) in [5.74, 6) is 0.248. The Morgan fingerprint density at radius 1 is 0.941 bits per heavy atom. The Balaban J connectivity index is 1.48. The number of nitrogens with zero attached hydrogens (tertiary/aromatic N) is 1. The van der Waals surface area contributed by atoms with Crippen molar-refractivity contribution in [1.29, 1.82) is 0 Å². The number of hydrogen-bond acceptors (Lipinski definition) is 7. The van der Waals surface area contributed by atoms with Gasteiger partial charge in [-0.25, -0.2) is 0 Å². The lowest BCUT2D eigenvalue weighted by Gasteiger charge is -2.13. The SMILES string of the molecule is Cc1cccc(OCCN2C(=O)S/C(=C\c3ccccc3OS(=O)(=O)c3ccccc3)C2=O)c1. The quantitative estimate of drug-likeness (QED) is 0.325. The lowest BCUT2D eigenvalue weighted by molar-refractivity contribution is -0.123. The molecule has 1 saturated heterocycles. The first-order valence-corrected chi connectivity index (χ1v) is 12.6. The van der Waals surface area contributed by atoms with Gasteiger partial charge < -0.3 is 8.92 Å². The minimum atomic E-state index is -4.06. The van der Waals surface area contributed by atoms with Gasteiger partial charge in [0, 0.05) is 5.56 Å². The van der Waals surface area contributed by atoms with E-state index in [0.29, 0.717) is 11.3 Å². The van der Waals surface area contributed by atoms with Crippen LogP contribution in [-0.2, 0) is 14.9 Å². The second-order valence-corrected chi connectivity index (χ2v) is 9.93. The van der Waals surface area contributed by atoms with Crippen LogP contribution in [0.25, 0.3) is 6.08 Å². The molecule has 1 fully saturated rings. The van der Waals surface area contributed by atoms with Crippen LogP contribution in [0.4, 0.5) is 4.79 Å². The van der Waals surface area contributed by atoms with E-state index in [1.165, 1.54) is 24.3 Å². The van der Waals surface area contributed by atoms with Crippen LogP contribution in [0.1, 0.15) is 11.1 Å². The summed E-state index contributed by atoms with van der Waals surface area (Å²) >= 11 is 0.786. The van der Waals surface area contributed by atoms with Gasteiger partial charge in [-0.1, -0.05) is 48.5 Å². The second-order valence-electron chi connectivity index (χ2n) is 7.39. The van der Waals surface area contributed by atoms with E-state index in [-0.39, 0.29) is 28.7 Å². The molecule has 0 bridgehead atoms. The van der Waals surface area contributed by atoms with Gasteiger partial charge in [0.15, 0.2) is 0 Å². The predicted octanol–water partition coefficient (Wildman–Crippen LogP) is 4.88. The number of benzene rings is 3. The fourth-order valence-electron chi connectivity index (χ4n) is 3.22. The van der Waals surface area contributed by atoms with E-state index in [1.54, 1.807) is 42.5 Å². The first-order chi connectivity index (χ1) is 16.3. The zero-order valence-corrected chi connectivity index (χ0v) is 19.8. The molecule has 3 aromatic carbocycles. The number of imide groups is 1. The molecule has 0 spiro atoms. The third kappa shape index (κ3) is 5.49. The maximum Gasteiger partial charge on any atom is 0.339 e. The fourth-order valence-corrected chi connectivity index (χ4v) is 5.05.